The first-order valence-corrected chi connectivity index (χ1v) is 5.55. The van der Waals surface area contributed by atoms with Crippen molar-refractivity contribution in [3.05, 3.63) is 0 Å². The van der Waals surface area contributed by atoms with Gasteiger partial charge in [0.25, 0.3) is 0 Å². The standard InChI is InChI=1S/C11H21NO3/c1-4-15-11(13)7-10(12(2)3)9-5-6-14-8-9/h9-10H,4-8H2,1-3H3. The molecule has 0 N–H and O–H groups in total. The molecule has 0 radical (unpaired) electrons. The summed E-state index contributed by atoms with van der Waals surface area (Å²) in [7, 11) is 4.00. The first-order chi connectivity index (χ1) is 7.15. The number of carbonyl (C=O) groups excluding carboxylic acids is 1. The van der Waals surface area contributed by atoms with Crippen LogP contribution in [0.2, 0.25) is 0 Å². The summed E-state index contributed by atoms with van der Waals surface area (Å²) in [5, 5.41) is 0. The molecule has 0 aromatic heterocycles. The van der Waals surface area contributed by atoms with Gasteiger partial charge in [0.2, 0.25) is 0 Å². The second-order valence-corrected chi connectivity index (χ2v) is 4.16. The summed E-state index contributed by atoms with van der Waals surface area (Å²) < 4.78 is 10.3. The van der Waals surface area contributed by atoms with Crippen molar-refractivity contribution in [3.63, 3.8) is 0 Å². The maximum absolute atomic E-state index is 11.4. The van der Waals surface area contributed by atoms with Crippen LogP contribution >= 0.6 is 0 Å². The molecule has 2 unspecified atom stereocenters. The summed E-state index contributed by atoms with van der Waals surface area (Å²) >= 11 is 0. The van der Waals surface area contributed by atoms with Gasteiger partial charge in [0, 0.05) is 18.6 Å². The molecule has 15 heavy (non-hydrogen) atoms. The third-order valence-corrected chi connectivity index (χ3v) is 2.85. The molecule has 4 nitrogen and oxygen atoms in total. The SMILES string of the molecule is CCOC(=O)CC(C1CCOC1)N(C)C. The Bertz CT molecular complexity index is 200. The van der Waals surface area contributed by atoms with Crippen molar-refractivity contribution in [1.29, 1.82) is 0 Å². The van der Waals surface area contributed by atoms with Crippen molar-refractivity contribution < 1.29 is 14.3 Å². The molecule has 0 aromatic carbocycles. The highest BCUT2D eigenvalue weighted by molar-refractivity contribution is 5.70. The van der Waals surface area contributed by atoms with Crippen LogP contribution in [0.25, 0.3) is 0 Å². The quantitative estimate of drug-likeness (QED) is 0.639. The van der Waals surface area contributed by atoms with E-state index in [4.69, 9.17) is 9.47 Å². The van der Waals surface area contributed by atoms with Crippen LogP contribution in [-0.4, -0.2) is 50.8 Å². The lowest BCUT2D eigenvalue weighted by Gasteiger charge is -2.28. The van der Waals surface area contributed by atoms with Gasteiger partial charge in [-0.05, 0) is 27.4 Å². The zero-order chi connectivity index (χ0) is 11.3. The van der Waals surface area contributed by atoms with Gasteiger partial charge in [0.15, 0.2) is 0 Å². The summed E-state index contributed by atoms with van der Waals surface area (Å²) in [5.74, 6) is 0.354. The Morgan fingerprint density at radius 2 is 2.33 bits per heavy atom. The average Bonchev–Trinajstić information content (AvgIpc) is 2.66. The Hall–Kier alpha value is -0.610. The predicted molar refractivity (Wildman–Crippen MR) is 57.7 cm³/mol. The highest BCUT2D eigenvalue weighted by Gasteiger charge is 2.29. The molecule has 1 fully saturated rings. The van der Waals surface area contributed by atoms with E-state index in [2.05, 4.69) is 4.90 Å². The number of ether oxygens (including phenoxy) is 2. The lowest BCUT2D eigenvalue weighted by atomic mass is 9.95. The third kappa shape index (κ3) is 3.80. The van der Waals surface area contributed by atoms with E-state index < -0.39 is 0 Å². The normalized spacial score (nSPS) is 23.1. The van der Waals surface area contributed by atoms with Gasteiger partial charge in [-0.2, -0.15) is 0 Å². The van der Waals surface area contributed by atoms with Crippen LogP contribution in [0.5, 0.6) is 0 Å². The summed E-state index contributed by atoms with van der Waals surface area (Å²) in [6, 6.07) is 0.242. The van der Waals surface area contributed by atoms with Crippen LogP contribution in [0.3, 0.4) is 0 Å². The Morgan fingerprint density at radius 1 is 1.60 bits per heavy atom. The van der Waals surface area contributed by atoms with E-state index in [1.165, 1.54) is 0 Å². The van der Waals surface area contributed by atoms with E-state index >= 15 is 0 Å². The summed E-state index contributed by atoms with van der Waals surface area (Å²) in [6.45, 7) is 3.88. The first-order valence-electron chi connectivity index (χ1n) is 5.55. The van der Waals surface area contributed by atoms with E-state index in [1.807, 2.05) is 21.0 Å². The van der Waals surface area contributed by atoms with Gasteiger partial charge < -0.3 is 14.4 Å². The first kappa shape index (κ1) is 12.5. The van der Waals surface area contributed by atoms with E-state index in [-0.39, 0.29) is 12.0 Å². The second-order valence-electron chi connectivity index (χ2n) is 4.16. The lowest BCUT2D eigenvalue weighted by Crippen LogP contribution is -2.38. The minimum atomic E-state index is -0.108. The maximum Gasteiger partial charge on any atom is 0.307 e. The molecule has 0 aliphatic carbocycles. The molecule has 1 saturated heterocycles. The van der Waals surface area contributed by atoms with Crippen molar-refractivity contribution >= 4 is 5.97 Å². The molecule has 0 bridgehead atoms. The molecule has 1 rings (SSSR count). The Kier molecular flexibility index (Phi) is 5.05. The van der Waals surface area contributed by atoms with E-state index in [9.17, 15) is 4.79 Å². The highest BCUT2D eigenvalue weighted by atomic mass is 16.5. The van der Waals surface area contributed by atoms with Crippen LogP contribution in [0.1, 0.15) is 19.8 Å². The minimum absolute atomic E-state index is 0.108. The number of hydrogen-bond acceptors (Lipinski definition) is 4. The van der Waals surface area contributed by atoms with Gasteiger partial charge in [-0.1, -0.05) is 0 Å². The van der Waals surface area contributed by atoms with E-state index in [1.54, 1.807) is 0 Å². The molecule has 88 valence electrons. The van der Waals surface area contributed by atoms with Gasteiger partial charge in [0.1, 0.15) is 0 Å². The monoisotopic (exact) mass is 215 g/mol. The smallest absolute Gasteiger partial charge is 0.307 e. The number of nitrogens with zero attached hydrogens (tertiary/aromatic N) is 1. The van der Waals surface area contributed by atoms with Crippen molar-refractivity contribution in [2.75, 3.05) is 33.9 Å². The fraction of sp³-hybridized carbons (Fsp3) is 0.909. The van der Waals surface area contributed by atoms with Crippen LogP contribution < -0.4 is 0 Å². The number of hydrogen-bond donors (Lipinski definition) is 0. The van der Waals surface area contributed by atoms with Crippen molar-refractivity contribution in [2.45, 2.75) is 25.8 Å². The van der Waals surface area contributed by atoms with Crippen molar-refractivity contribution in [2.24, 2.45) is 5.92 Å². The molecule has 0 amide bonds. The maximum atomic E-state index is 11.4. The number of carbonyl (C=O) groups is 1. The fourth-order valence-electron chi connectivity index (χ4n) is 2.02. The molecule has 0 aromatic rings. The fourth-order valence-corrected chi connectivity index (χ4v) is 2.02. The third-order valence-electron chi connectivity index (χ3n) is 2.85. The number of esters is 1. The van der Waals surface area contributed by atoms with Gasteiger partial charge in [-0.15, -0.1) is 0 Å². The van der Waals surface area contributed by atoms with Crippen molar-refractivity contribution in [3.8, 4) is 0 Å². The Labute approximate surface area is 91.5 Å². The lowest BCUT2D eigenvalue weighted by molar-refractivity contribution is -0.144. The van der Waals surface area contributed by atoms with Gasteiger partial charge in [0.05, 0.1) is 19.6 Å². The zero-order valence-corrected chi connectivity index (χ0v) is 9.86. The van der Waals surface area contributed by atoms with E-state index in [0.717, 1.165) is 19.6 Å². The molecule has 0 spiro atoms. The van der Waals surface area contributed by atoms with Crippen LogP contribution in [0, 0.1) is 5.92 Å². The highest BCUT2D eigenvalue weighted by Crippen LogP contribution is 2.22. The molecule has 1 heterocycles. The Balaban J connectivity index is 2.46. The van der Waals surface area contributed by atoms with Crippen molar-refractivity contribution in [1.82, 2.24) is 4.90 Å². The molecular weight excluding hydrogens is 194 g/mol. The minimum Gasteiger partial charge on any atom is -0.466 e. The van der Waals surface area contributed by atoms with Crippen LogP contribution in [-0.2, 0) is 14.3 Å². The summed E-state index contributed by atoms with van der Waals surface area (Å²) in [6.07, 6.45) is 1.51. The van der Waals surface area contributed by atoms with E-state index in [0.29, 0.717) is 18.9 Å². The topological polar surface area (TPSA) is 38.8 Å². The average molecular weight is 215 g/mol. The van der Waals surface area contributed by atoms with Gasteiger partial charge >= 0.3 is 5.97 Å². The molecule has 0 saturated carbocycles. The number of rotatable bonds is 5. The molecule has 4 heteroatoms. The van der Waals surface area contributed by atoms with Gasteiger partial charge in [-0.3, -0.25) is 4.79 Å². The summed E-state index contributed by atoms with van der Waals surface area (Å²) in [5.41, 5.74) is 0. The molecular formula is C11H21NO3. The zero-order valence-electron chi connectivity index (χ0n) is 9.86. The Morgan fingerprint density at radius 3 is 2.80 bits per heavy atom. The molecule has 1 aliphatic heterocycles. The van der Waals surface area contributed by atoms with Gasteiger partial charge in [-0.25, -0.2) is 0 Å². The predicted octanol–water partition coefficient (Wildman–Crippen LogP) is 0.906. The van der Waals surface area contributed by atoms with Crippen LogP contribution in [0.15, 0.2) is 0 Å². The summed E-state index contributed by atoms with van der Waals surface area (Å²) in [4.78, 5) is 13.5. The molecule has 2 atom stereocenters. The molecule has 1 aliphatic rings. The van der Waals surface area contributed by atoms with Crippen LogP contribution in [0.4, 0.5) is 0 Å². The second kappa shape index (κ2) is 6.08. The largest absolute Gasteiger partial charge is 0.466 e.